The predicted molar refractivity (Wildman–Crippen MR) is 117 cm³/mol. The summed E-state index contributed by atoms with van der Waals surface area (Å²) in [5, 5.41) is 6.75. The monoisotopic (exact) mass is 459 g/mol. The van der Waals surface area contributed by atoms with Crippen molar-refractivity contribution < 1.29 is 0 Å². The van der Waals surface area contributed by atoms with E-state index in [2.05, 4.69) is 40.4 Å². The van der Waals surface area contributed by atoms with Crippen LogP contribution in [0.5, 0.6) is 0 Å². The molecule has 2 N–H and O–H groups in total. The van der Waals surface area contributed by atoms with Crippen LogP contribution in [0, 0.1) is 5.92 Å². The van der Waals surface area contributed by atoms with Crippen LogP contribution in [0.3, 0.4) is 0 Å². The van der Waals surface area contributed by atoms with Crippen LogP contribution in [0.15, 0.2) is 29.4 Å². The summed E-state index contributed by atoms with van der Waals surface area (Å²) in [4.78, 5) is 11.6. The quantitative estimate of drug-likeness (QED) is 0.357. The molecule has 0 atom stereocenters. The molecule has 0 aliphatic carbocycles. The van der Waals surface area contributed by atoms with Gasteiger partial charge in [0.1, 0.15) is 0 Å². The Hall–Kier alpha value is -0.890. The lowest BCUT2D eigenvalue weighted by Gasteiger charge is -2.30. The Labute approximate surface area is 170 Å². The van der Waals surface area contributed by atoms with E-state index in [0.717, 1.165) is 43.6 Å². The number of hydrogen-bond donors (Lipinski definition) is 2. The zero-order chi connectivity index (χ0) is 17.0. The standard InChI is InChI=1S/C19H33N5.HI/c1-3-20-19(23-14-9-18-7-5-6-12-21-18)22-13-8-17-10-15-24(4-2)16-11-17;/h5-7,12,17H,3-4,8-11,13-16H2,1-2H3,(H2,20,22,23);1H. The molecule has 0 spiro atoms. The van der Waals surface area contributed by atoms with Gasteiger partial charge in [0.25, 0.3) is 0 Å². The Balaban J connectivity index is 0.00000312. The van der Waals surface area contributed by atoms with E-state index in [-0.39, 0.29) is 24.0 Å². The Bertz CT molecular complexity index is 472. The number of pyridine rings is 1. The smallest absolute Gasteiger partial charge is 0.191 e. The number of hydrogen-bond acceptors (Lipinski definition) is 3. The minimum Gasteiger partial charge on any atom is -0.357 e. The molecular formula is C19H34IN5. The van der Waals surface area contributed by atoms with Crippen LogP contribution in [0.2, 0.25) is 0 Å². The number of halogens is 1. The van der Waals surface area contributed by atoms with Crippen molar-refractivity contribution in [2.24, 2.45) is 10.9 Å². The van der Waals surface area contributed by atoms with Crippen molar-refractivity contribution in [3.63, 3.8) is 0 Å². The van der Waals surface area contributed by atoms with Gasteiger partial charge in [-0.1, -0.05) is 13.0 Å². The number of aliphatic imine (C=N–C) groups is 1. The molecule has 0 radical (unpaired) electrons. The van der Waals surface area contributed by atoms with Gasteiger partial charge in [0, 0.05) is 37.9 Å². The topological polar surface area (TPSA) is 52.6 Å². The summed E-state index contributed by atoms with van der Waals surface area (Å²) in [6.45, 7) is 10.7. The highest BCUT2D eigenvalue weighted by Crippen LogP contribution is 2.19. The van der Waals surface area contributed by atoms with Crippen molar-refractivity contribution in [1.29, 1.82) is 0 Å². The number of nitrogens with one attached hydrogen (secondary N) is 2. The maximum absolute atomic E-state index is 4.74. The van der Waals surface area contributed by atoms with E-state index in [1.807, 2.05) is 18.3 Å². The second-order valence-corrected chi connectivity index (χ2v) is 6.42. The normalized spacial score (nSPS) is 16.3. The van der Waals surface area contributed by atoms with E-state index >= 15 is 0 Å². The molecule has 25 heavy (non-hydrogen) atoms. The van der Waals surface area contributed by atoms with Crippen molar-refractivity contribution in [1.82, 2.24) is 20.5 Å². The van der Waals surface area contributed by atoms with E-state index in [4.69, 9.17) is 4.99 Å². The highest BCUT2D eigenvalue weighted by molar-refractivity contribution is 14.0. The highest BCUT2D eigenvalue weighted by Gasteiger charge is 2.17. The zero-order valence-corrected chi connectivity index (χ0v) is 18.0. The molecule has 0 amide bonds. The fourth-order valence-corrected chi connectivity index (χ4v) is 3.15. The number of likely N-dealkylation sites (tertiary alicyclic amines) is 1. The zero-order valence-electron chi connectivity index (χ0n) is 15.7. The third-order valence-corrected chi connectivity index (χ3v) is 4.71. The molecule has 142 valence electrons. The van der Waals surface area contributed by atoms with Crippen LogP contribution in [-0.2, 0) is 6.42 Å². The molecule has 0 bridgehead atoms. The maximum atomic E-state index is 4.74. The Kier molecular flexibility index (Phi) is 11.8. The van der Waals surface area contributed by atoms with Crippen molar-refractivity contribution in [3.05, 3.63) is 30.1 Å². The van der Waals surface area contributed by atoms with Crippen molar-refractivity contribution in [2.45, 2.75) is 39.5 Å². The number of guanidine groups is 1. The van der Waals surface area contributed by atoms with Gasteiger partial charge in [-0.2, -0.15) is 0 Å². The van der Waals surface area contributed by atoms with Crippen LogP contribution in [0.25, 0.3) is 0 Å². The molecule has 1 saturated heterocycles. The maximum Gasteiger partial charge on any atom is 0.191 e. The molecule has 1 aliphatic heterocycles. The average molecular weight is 459 g/mol. The van der Waals surface area contributed by atoms with Crippen molar-refractivity contribution in [3.8, 4) is 0 Å². The summed E-state index contributed by atoms with van der Waals surface area (Å²) in [6.07, 6.45) is 6.62. The summed E-state index contributed by atoms with van der Waals surface area (Å²) in [6, 6.07) is 6.05. The van der Waals surface area contributed by atoms with Gasteiger partial charge in [-0.15, -0.1) is 24.0 Å². The molecule has 0 aromatic carbocycles. The van der Waals surface area contributed by atoms with E-state index in [1.54, 1.807) is 0 Å². The molecule has 2 rings (SSSR count). The van der Waals surface area contributed by atoms with Crippen LogP contribution in [-0.4, -0.2) is 55.1 Å². The van der Waals surface area contributed by atoms with Crippen LogP contribution in [0.1, 0.15) is 38.8 Å². The fourth-order valence-electron chi connectivity index (χ4n) is 3.15. The molecule has 0 unspecified atom stereocenters. The van der Waals surface area contributed by atoms with E-state index in [0.29, 0.717) is 0 Å². The first-order valence-electron chi connectivity index (χ1n) is 9.46. The van der Waals surface area contributed by atoms with Crippen LogP contribution < -0.4 is 10.6 Å². The Morgan fingerprint density at radius 2 is 2.04 bits per heavy atom. The van der Waals surface area contributed by atoms with Gasteiger partial charge < -0.3 is 15.5 Å². The lowest BCUT2D eigenvalue weighted by Crippen LogP contribution is -2.38. The molecular weight excluding hydrogens is 425 g/mol. The first-order chi connectivity index (χ1) is 11.8. The number of aromatic nitrogens is 1. The minimum absolute atomic E-state index is 0. The van der Waals surface area contributed by atoms with Gasteiger partial charge >= 0.3 is 0 Å². The third kappa shape index (κ3) is 8.85. The van der Waals surface area contributed by atoms with Crippen molar-refractivity contribution >= 4 is 29.9 Å². The Morgan fingerprint density at radius 1 is 1.24 bits per heavy atom. The highest BCUT2D eigenvalue weighted by atomic mass is 127. The number of piperidine rings is 1. The second-order valence-electron chi connectivity index (χ2n) is 6.42. The number of nitrogens with zero attached hydrogens (tertiary/aromatic N) is 3. The van der Waals surface area contributed by atoms with Gasteiger partial charge in [-0.3, -0.25) is 9.98 Å². The molecule has 5 nitrogen and oxygen atoms in total. The SMILES string of the molecule is CCNC(=NCCC1CCN(CC)CC1)NCCc1ccccn1.I. The molecule has 1 fully saturated rings. The van der Waals surface area contributed by atoms with Gasteiger partial charge in [0.2, 0.25) is 0 Å². The minimum atomic E-state index is 0. The molecule has 1 aromatic heterocycles. The Morgan fingerprint density at radius 3 is 2.68 bits per heavy atom. The van der Waals surface area contributed by atoms with Crippen LogP contribution in [0.4, 0.5) is 0 Å². The lowest BCUT2D eigenvalue weighted by atomic mass is 9.94. The summed E-state index contributed by atoms with van der Waals surface area (Å²) in [7, 11) is 0. The first kappa shape index (κ1) is 22.2. The van der Waals surface area contributed by atoms with Gasteiger partial charge in [0.05, 0.1) is 0 Å². The summed E-state index contributed by atoms with van der Waals surface area (Å²) in [5.74, 6) is 1.77. The fraction of sp³-hybridized carbons (Fsp3) is 0.684. The molecule has 2 heterocycles. The predicted octanol–water partition coefficient (Wildman–Crippen LogP) is 2.92. The molecule has 0 saturated carbocycles. The first-order valence-corrected chi connectivity index (χ1v) is 9.46. The van der Waals surface area contributed by atoms with E-state index in [9.17, 15) is 0 Å². The molecule has 1 aliphatic rings. The van der Waals surface area contributed by atoms with Crippen molar-refractivity contribution in [2.75, 3.05) is 39.3 Å². The van der Waals surface area contributed by atoms with Gasteiger partial charge in [-0.25, -0.2) is 0 Å². The molecule has 6 heteroatoms. The van der Waals surface area contributed by atoms with E-state index < -0.39 is 0 Å². The summed E-state index contributed by atoms with van der Waals surface area (Å²) in [5.41, 5.74) is 1.11. The summed E-state index contributed by atoms with van der Waals surface area (Å²) < 4.78 is 0. The van der Waals surface area contributed by atoms with Gasteiger partial charge in [0.15, 0.2) is 5.96 Å². The number of rotatable bonds is 8. The largest absolute Gasteiger partial charge is 0.357 e. The summed E-state index contributed by atoms with van der Waals surface area (Å²) >= 11 is 0. The molecule has 1 aromatic rings. The third-order valence-electron chi connectivity index (χ3n) is 4.71. The van der Waals surface area contributed by atoms with Crippen LogP contribution >= 0.6 is 24.0 Å². The van der Waals surface area contributed by atoms with Gasteiger partial charge in [-0.05, 0) is 63.9 Å². The lowest BCUT2D eigenvalue weighted by molar-refractivity contribution is 0.188. The second kappa shape index (κ2) is 13.3. The van der Waals surface area contributed by atoms with E-state index in [1.165, 1.54) is 38.9 Å². The average Bonchev–Trinajstić information content (AvgIpc) is 2.63.